The van der Waals surface area contributed by atoms with E-state index in [4.69, 9.17) is 0 Å². The molecule has 5 heteroatoms. The second kappa shape index (κ2) is 7.74. The summed E-state index contributed by atoms with van der Waals surface area (Å²) < 4.78 is 0. The lowest BCUT2D eigenvalue weighted by Gasteiger charge is -2.24. The normalized spacial score (nSPS) is 19.6. The average molecular weight is 250 g/mol. The van der Waals surface area contributed by atoms with Crippen molar-refractivity contribution in [1.82, 2.24) is 10.3 Å². The molecule has 0 aromatic carbocycles. The first-order valence-corrected chi connectivity index (χ1v) is 4.83. The zero-order chi connectivity index (χ0) is 8.93. The minimum Gasteiger partial charge on any atom is -0.366 e. The molecular formula is C10H17Cl2N3. The van der Waals surface area contributed by atoms with Gasteiger partial charge in [-0.2, -0.15) is 0 Å². The van der Waals surface area contributed by atoms with Gasteiger partial charge in [-0.3, -0.25) is 0 Å². The van der Waals surface area contributed by atoms with Gasteiger partial charge < -0.3 is 10.6 Å². The van der Waals surface area contributed by atoms with E-state index < -0.39 is 0 Å². The van der Waals surface area contributed by atoms with Crippen LogP contribution in [0.2, 0.25) is 0 Å². The van der Waals surface area contributed by atoms with Gasteiger partial charge in [0.2, 0.25) is 0 Å². The Bertz CT molecular complexity index is 250. The molecule has 86 valence electrons. The van der Waals surface area contributed by atoms with Crippen LogP contribution in [0.1, 0.15) is 12.8 Å². The highest BCUT2D eigenvalue weighted by molar-refractivity contribution is 5.85. The fourth-order valence-corrected chi connectivity index (χ4v) is 1.63. The molecule has 1 saturated heterocycles. The van der Waals surface area contributed by atoms with Crippen molar-refractivity contribution in [1.29, 1.82) is 0 Å². The summed E-state index contributed by atoms with van der Waals surface area (Å²) in [6.45, 7) is 2.21. The number of piperidine rings is 1. The lowest BCUT2D eigenvalue weighted by Crippen LogP contribution is -2.38. The molecule has 2 heterocycles. The first kappa shape index (κ1) is 14.5. The van der Waals surface area contributed by atoms with Crippen molar-refractivity contribution >= 4 is 30.6 Å². The van der Waals surface area contributed by atoms with E-state index >= 15 is 0 Å². The summed E-state index contributed by atoms with van der Waals surface area (Å²) in [5.41, 5.74) is 0. The number of hydrogen-bond acceptors (Lipinski definition) is 3. The van der Waals surface area contributed by atoms with Crippen molar-refractivity contribution in [2.45, 2.75) is 18.9 Å². The van der Waals surface area contributed by atoms with Crippen LogP contribution in [0, 0.1) is 0 Å². The number of halogens is 2. The van der Waals surface area contributed by atoms with Crippen molar-refractivity contribution in [3.8, 4) is 0 Å². The Balaban J connectivity index is 0.000000980. The summed E-state index contributed by atoms with van der Waals surface area (Å²) >= 11 is 0. The Hall–Kier alpha value is -0.510. The van der Waals surface area contributed by atoms with Gasteiger partial charge in [0.15, 0.2) is 0 Å². The molecule has 2 rings (SSSR count). The summed E-state index contributed by atoms with van der Waals surface area (Å²) in [4.78, 5) is 4.23. The van der Waals surface area contributed by atoms with E-state index in [0.717, 1.165) is 18.9 Å². The van der Waals surface area contributed by atoms with E-state index in [-0.39, 0.29) is 24.8 Å². The third-order valence-electron chi connectivity index (χ3n) is 2.31. The number of rotatable bonds is 2. The molecule has 1 fully saturated rings. The second-order valence-electron chi connectivity index (χ2n) is 3.40. The highest BCUT2D eigenvalue weighted by Crippen LogP contribution is 2.08. The van der Waals surface area contributed by atoms with Gasteiger partial charge in [0.05, 0.1) is 0 Å². The SMILES string of the molecule is Cl.Cl.c1ccc(NC2CCCNC2)nc1. The molecule has 15 heavy (non-hydrogen) atoms. The van der Waals surface area contributed by atoms with Crippen LogP contribution in [0.15, 0.2) is 24.4 Å². The van der Waals surface area contributed by atoms with Gasteiger partial charge in [0.1, 0.15) is 5.82 Å². The molecule has 0 amide bonds. The van der Waals surface area contributed by atoms with E-state index in [9.17, 15) is 0 Å². The molecule has 0 spiro atoms. The van der Waals surface area contributed by atoms with E-state index in [1.165, 1.54) is 12.8 Å². The fraction of sp³-hybridized carbons (Fsp3) is 0.500. The maximum absolute atomic E-state index is 4.23. The molecule has 0 aliphatic carbocycles. The molecule has 1 aliphatic rings. The van der Waals surface area contributed by atoms with Crippen molar-refractivity contribution in [3.63, 3.8) is 0 Å². The van der Waals surface area contributed by atoms with Crippen LogP contribution >= 0.6 is 24.8 Å². The zero-order valence-electron chi connectivity index (χ0n) is 8.48. The molecule has 1 aromatic heterocycles. The molecule has 1 aliphatic heterocycles. The molecular weight excluding hydrogens is 233 g/mol. The summed E-state index contributed by atoms with van der Waals surface area (Å²) in [5.74, 6) is 0.983. The summed E-state index contributed by atoms with van der Waals surface area (Å²) in [6, 6.07) is 6.49. The Kier molecular flexibility index (Phi) is 7.48. The van der Waals surface area contributed by atoms with E-state index in [1.807, 2.05) is 24.4 Å². The number of nitrogens with zero attached hydrogens (tertiary/aromatic N) is 1. The Morgan fingerprint density at radius 3 is 2.80 bits per heavy atom. The van der Waals surface area contributed by atoms with Crippen LogP contribution in [0.25, 0.3) is 0 Å². The van der Waals surface area contributed by atoms with Crippen LogP contribution in [0.4, 0.5) is 5.82 Å². The van der Waals surface area contributed by atoms with Crippen molar-refractivity contribution < 1.29 is 0 Å². The monoisotopic (exact) mass is 249 g/mol. The van der Waals surface area contributed by atoms with Gasteiger partial charge in [0.25, 0.3) is 0 Å². The number of hydrogen-bond donors (Lipinski definition) is 2. The van der Waals surface area contributed by atoms with E-state index in [0.29, 0.717) is 6.04 Å². The molecule has 0 bridgehead atoms. The van der Waals surface area contributed by atoms with Gasteiger partial charge in [-0.05, 0) is 31.5 Å². The Morgan fingerprint density at radius 2 is 2.20 bits per heavy atom. The summed E-state index contributed by atoms with van der Waals surface area (Å²) in [6.07, 6.45) is 4.31. The van der Waals surface area contributed by atoms with Gasteiger partial charge in [-0.1, -0.05) is 6.07 Å². The lowest BCUT2D eigenvalue weighted by molar-refractivity contribution is 0.479. The van der Waals surface area contributed by atoms with Gasteiger partial charge in [-0.25, -0.2) is 4.98 Å². The minimum atomic E-state index is 0. The fourth-order valence-electron chi connectivity index (χ4n) is 1.63. The topological polar surface area (TPSA) is 37.0 Å². The first-order valence-electron chi connectivity index (χ1n) is 4.83. The van der Waals surface area contributed by atoms with E-state index in [1.54, 1.807) is 0 Å². The predicted molar refractivity (Wildman–Crippen MR) is 68.2 cm³/mol. The lowest BCUT2D eigenvalue weighted by atomic mass is 10.1. The first-order chi connectivity index (χ1) is 6.45. The van der Waals surface area contributed by atoms with Gasteiger partial charge in [0, 0.05) is 18.8 Å². The Morgan fingerprint density at radius 1 is 1.33 bits per heavy atom. The van der Waals surface area contributed by atoms with Crippen LogP contribution < -0.4 is 10.6 Å². The third-order valence-corrected chi connectivity index (χ3v) is 2.31. The molecule has 3 nitrogen and oxygen atoms in total. The van der Waals surface area contributed by atoms with Crippen molar-refractivity contribution in [2.75, 3.05) is 18.4 Å². The number of aromatic nitrogens is 1. The van der Waals surface area contributed by atoms with Crippen LogP contribution in [-0.2, 0) is 0 Å². The highest BCUT2D eigenvalue weighted by atomic mass is 35.5. The second-order valence-corrected chi connectivity index (χ2v) is 3.40. The number of pyridine rings is 1. The van der Waals surface area contributed by atoms with Crippen LogP contribution in [0.3, 0.4) is 0 Å². The van der Waals surface area contributed by atoms with Gasteiger partial charge >= 0.3 is 0 Å². The summed E-state index contributed by atoms with van der Waals surface area (Å²) in [5, 5.41) is 6.77. The molecule has 1 atom stereocenters. The average Bonchev–Trinajstić information content (AvgIpc) is 2.21. The quantitative estimate of drug-likeness (QED) is 0.843. The summed E-state index contributed by atoms with van der Waals surface area (Å²) in [7, 11) is 0. The molecule has 1 unspecified atom stereocenters. The maximum atomic E-state index is 4.23. The number of nitrogens with one attached hydrogen (secondary N) is 2. The van der Waals surface area contributed by atoms with Gasteiger partial charge in [-0.15, -0.1) is 24.8 Å². The molecule has 1 aromatic rings. The smallest absolute Gasteiger partial charge is 0.126 e. The number of anilines is 1. The third kappa shape index (κ3) is 4.69. The molecule has 0 radical (unpaired) electrons. The van der Waals surface area contributed by atoms with Crippen LogP contribution in [-0.4, -0.2) is 24.1 Å². The minimum absolute atomic E-state index is 0. The molecule has 0 saturated carbocycles. The van der Waals surface area contributed by atoms with Crippen molar-refractivity contribution in [2.24, 2.45) is 0 Å². The standard InChI is InChI=1S/C10H15N3.2ClH/c1-2-7-12-10(5-1)13-9-4-3-6-11-8-9;;/h1-2,5,7,9,11H,3-4,6,8H2,(H,12,13);2*1H. The highest BCUT2D eigenvalue weighted by Gasteiger charge is 2.11. The van der Waals surface area contributed by atoms with E-state index in [2.05, 4.69) is 15.6 Å². The maximum Gasteiger partial charge on any atom is 0.126 e. The zero-order valence-corrected chi connectivity index (χ0v) is 10.1. The van der Waals surface area contributed by atoms with Crippen LogP contribution in [0.5, 0.6) is 0 Å². The predicted octanol–water partition coefficient (Wildman–Crippen LogP) is 2.09. The largest absolute Gasteiger partial charge is 0.366 e. The van der Waals surface area contributed by atoms with Crippen molar-refractivity contribution in [3.05, 3.63) is 24.4 Å². The molecule has 2 N–H and O–H groups in total. The Labute approximate surface area is 103 Å².